The first-order chi connectivity index (χ1) is 13.3. The fourth-order valence-electron chi connectivity index (χ4n) is 2.48. The molecule has 16 heteroatoms. The van der Waals surface area contributed by atoms with Crippen molar-refractivity contribution in [1.29, 1.82) is 10.5 Å². The number of ether oxygens (including phenoxy) is 2. The monoisotopic (exact) mass is 468 g/mol. The Bertz CT molecular complexity index is 552. The van der Waals surface area contributed by atoms with Gasteiger partial charge in [0.2, 0.25) is 0 Å². The number of unbranched alkanes of at least 4 members (excludes halogenated alkanes) is 3. The summed E-state index contributed by atoms with van der Waals surface area (Å²) in [5.74, 6) is 0. The molecule has 0 heterocycles. The van der Waals surface area contributed by atoms with Crippen molar-refractivity contribution in [2.45, 2.75) is 74.4 Å². The van der Waals surface area contributed by atoms with Crippen molar-refractivity contribution >= 4 is 0 Å². The molecule has 0 bridgehead atoms. The first-order valence-electron chi connectivity index (χ1n) is 7.74. The number of alkyl halides is 12. The molecular weight excluding hydrogens is 456 g/mol. The molecule has 0 saturated heterocycles. The highest BCUT2D eigenvalue weighted by Gasteiger charge is 2.74. The van der Waals surface area contributed by atoms with E-state index in [0.29, 0.717) is 12.5 Å². The predicted molar refractivity (Wildman–Crippen MR) is 70.8 cm³/mol. The molecule has 0 amide bonds. The molecule has 0 aliphatic carbocycles. The SMILES string of the molecule is N#COC(CCCCCCC(OC#N)(C(F)(F)F)C(F)(F)F)(C(F)(F)F)C(F)(F)F. The van der Waals surface area contributed by atoms with Gasteiger partial charge in [0.1, 0.15) is 0 Å². The minimum Gasteiger partial charge on any atom is -0.401 e. The van der Waals surface area contributed by atoms with Crippen LogP contribution in [0, 0.1) is 23.0 Å². The Morgan fingerprint density at radius 2 is 0.700 bits per heavy atom. The van der Waals surface area contributed by atoms with Crippen molar-refractivity contribution in [3.8, 4) is 12.5 Å². The van der Waals surface area contributed by atoms with E-state index in [2.05, 4.69) is 9.47 Å². The molecule has 0 rings (SSSR count). The van der Waals surface area contributed by atoms with Gasteiger partial charge in [-0.1, -0.05) is 12.8 Å². The highest BCUT2D eigenvalue weighted by molar-refractivity contribution is 4.99. The van der Waals surface area contributed by atoms with Crippen molar-refractivity contribution < 1.29 is 62.2 Å². The van der Waals surface area contributed by atoms with Gasteiger partial charge in [-0.25, -0.2) is 0 Å². The molecule has 0 N–H and O–H groups in total. The summed E-state index contributed by atoms with van der Waals surface area (Å²) in [6.07, 6.45) is -30.7. The molecule has 0 aromatic carbocycles. The van der Waals surface area contributed by atoms with Crippen LogP contribution in [0.25, 0.3) is 0 Å². The lowest BCUT2D eigenvalue weighted by atomic mass is 9.91. The Kier molecular flexibility index (Phi) is 8.56. The van der Waals surface area contributed by atoms with E-state index in [1.807, 2.05) is 0 Å². The Labute approximate surface area is 160 Å². The number of rotatable bonds is 9. The van der Waals surface area contributed by atoms with Gasteiger partial charge in [-0.3, -0.25) is 0 Å². The topological polar surface area (TPSA) is 66.0 Å². The Morgan fingerprint density at radius 1 is 0.467 bits per heavy atom. The first-order valence-corrected chi connectivity index (χ1v) is 7.74. The van der Waals surface area contributed by atoms with Crippen LogP contribution in [-0.4, -0.2) is 35.9 Å². The van der Waals surface area contributed by atoms with Crippen LogP contribution < -0.4 is 0 Å². The van der Waals surface area contributed by atoms with Gasteiger partial charge < -0.3 is 9.47 Å². The Hall–Kier alpha value is -2.26. The van der Waals surface area contributed by atoms with Crippen molar-refractivity contribution in [3.63, 3.8) is 0 Å². The van der Waals surface area contributed by atoms with Gasteiger partial charge >= 0.3 is 35.9 Å². The van der Waals surface area contributed by atoms with Gasteiger partial charge in [0, 0.05) is 12.8 Å². The summed E-state index contributed by atoms with van der Waals surface area (Å²) in [6, 6.07) is 0. The fraction of sp³-hybridized carbons (Fsp3) is 0.857. The van der Waals surface area contributed by atoms with Crippen LogP contribution in [0.15, 0.2) is 0 Å². The van der Waals surface area contributed by atoms with Crippen LogP contribution in [0.4, 0.5) is 52.7 Å². The van der Waals surface area contributed by atoms with Gasteiger partial charge in [0.05, 0.1) is 0 Å². The van der Waals surface area contributed by atoms with E-state index >= 15 is 0 Å². The maximum absolute atomic E-state index is 12.8. The first kappa shape index (κ1) is 27.7. The van der Waals surface area contributed by atoms with E-state index in [-0.39, 0.29) is 0 Å². The molecule has 0 fully saturated rings. The summed E-state index contributed by atoms with van der Waals surface area (Å²) < 4.78 is 161. The second-order valence-electron chi connectivity index (χ2n) is 5.95. The van der Waals surface area contributed by atoms with Gasteiger partial charge in [-0.05, 0) is 12.8 Å². The summed E-state index contributed by atoms with van der Waals surface area (Å²) in [4.78, 5) is 0. The molecular formula is C14H12F12N2O2. The van der Waals surface area contributed by atoms with Crippen molar-refractivity contribution in [3.05, 3.63) is 0 Å². The van der Waals surface area contributed by atoms with Crippen LogP contribution in [0.5, 0.6) is 0 Å². The van der Waals surface area contributed by atoms with E-state index in [4.69, 9.17) is 10.5 Å². The van der Waals surface area contributed by atoms with Crippen molar-refractivity contribution in [2.24, 2.45) is 0 Å². The van der Waals surface area contributed by atoms with Crippen LogP contribution in [0.3, 0.4) is 0 Å². The van der Waals surface area contributed by atoms with Crippen LogP contribution in [0.2, 0.25) is 0 Å². The smallest absolute Gasteiger partial charge is 0.401 e. The fourth-order valence-corrected chi connectivity index (χ4v) is 2.48. The maximum atomic E-state index is 12.8. The largest absolute Gasteiger partial charge is 0.438 e. The van der Waals surface area contributed by atoms with Gasteiger partial charge in [-0.2, -0.15) is 63.2 Å². The van der Waals surface area contributed by atoms with E-state index < -0.39 is 74.4 Å². The minimum absolute atomic E-state index is 0.304. The Balaban J connectivity index is 5.18. The summed E-state index contributed by atoms with van der Waals surface area (Å²) >= 11 is 0. The molecule has 0 radical (unpaired) electrons. The lowest BCUT2D eigenvalue weighted by Gasteiger charge is -2.35. The zero-order chi connectivity index (χ0) is 24.1. The normalized spacial score (nSPS) is 14.1. The summed E-state index contributed by atoms with van der Waals surface area (Å²) in [5, 5.41) is 16.3. The molecule has 0 aromatic heterocycles. The van der Waals surface area contributed by atoms with Crippen molar-refractivity contribution in [1.82, 2.24) is 0 Å². The lowest BCUT2D eigenvalue weighted by Crippen LogP contribution is -2.58. The third-order valence-corrected chi connectivity index (χ3v) is 4.08. The highest BCUT2D eigenvalue weighted by Crippen LogP contribution is 2.50. The van der Waals surface area contributed by atoms with Gasteiger partial charge in [0.25, 0.3) is 12.5 Å². The number of nitrogens with zero attached hydrogens (tertiary/aromatic N) is 2. The quantitative estimate of drug-likeness (QED) is 0.235. The molecule has 0 atom stereocenters. The van der Waals surface area contributed by atoms with Gasteiger partial charge in [-0.15, -0.1) is 0 Å². The standard InChI is InChI=1S/C14H12F12N2O2/c15-11(16,17)9(29-7-27,12(18,19)20)5-3-1-2-4-6-10(30-8-28,13(21,22)23)14(24,25)26/h1-6H2. The summed E-state index contributed by atoms with van der Waals surface area (Å²) in [6.45, 7) is 0. The zero-order valence-corrected chi connectivity index (χ0v) is 14.5. The molecule has 0 spiro atoms. The van der Waals surface area contributed by atoms with Crippen LogP contribution >= 0.6 is 0 Å². The minimum atomic E-state index is -6.07. The van der Waals surface area contributed by atoms with E-state index in [1.165, 1.54) is 0 Å². The Morgan fingerprint density at radius 3 is 0.867 bits per heavy atom. The number of hydrogen-bond donors (Lipinski definition) is 0. The second kappa shape index (κ2) is 9.26. The third kappa shape index (κ3) is 5.66. The van der Waals surface area contributed by atoms with Crippen molar-refractivity contribution in [2.75, 3.05) is 0 Å². The summed E-state index contributed by atoms with van der Waals surface area (Å²) in [5.41, 5.74) is -9.72. The number of halogens is 12. The lowest BCUT2D eigenvalue weighted by molar-refractivity contribution is -0.369. The molecule has 0 aliphatic rings. The molecule has 174 valence electrons. The molecule has 0 saturated carbocycles. The number of nitriles is 2. The predicted octanol–water partition coefficient (Wildman–Crippen LogP) is 6.05. The van der Waals surface area contributed by atoms with E-state index in [0.717, 1.165) is 0 Å². The second-order valence-corrected chi connectivity index (χ2v) is 5.95. The van der Waals surface area contributed by atoms with E-state index in [9.17, 15) is 52.7 Å². The van der Waals surface area contributed by atoms with E-state index in [1.54, 1.807) is 0 Å². The molecule has 0 aliphatic heterocycles. The van der Waals surface area contributed by atoms with Gasteiger partial charge in [0.15, 0.2) is 0 Å². The molecule has 0 unspecified atom stereocenters. The maximum Gasteiger partial charge on any atom is 0.438 e. The average molecular weight is 468 g/mol. The zero-order valence-electron chi connectivity index (χ0n) is 14.5. The molecule has 30 heavy (non-hydrogen) atoms. The molecule has 0 aromatic rings. The summed E-state index contributed by atoms with van der Waals surface area (Å²) in [7, 11) is 0. The highest BCUT2D eigenvalue weighted by atomic mass is 19.4. The van der Waals surface area contributed by atoms with Crippen LogP contribution in [-0.2, 0) is 9.47 Å². The number of hydrogen-bond acceptors (Lipinski definition) is 4. The molecule has 4 nitrogen and oxygen atoms in total. The third-order valence-electron chi connectivity index (χ3n) is 4.08. The average Bonchev–Trinajstić information content (AvgIpc) is 2.51. The van der Waals surface area contributed by atoms with Crippen LogP contribution in [0.1, 0.15) is 38.5 Å².